The molecule has 0 amide bonds. The molecule has 31 heavy (non-hydrogen) atoms. The molecule has 0 saturated heterocycles. The van der Waals surface area contributed by atoms with Crippen LogP contribution in [0.15, 0.2) is 82.8 Å². The maximum atomic E-state index is 12.5. The number of benzene rings is 3. The number of carboxylic acids is 1. The quantitative estimate of drug-likeness (QED) is 0.294. The normalized spacial score (nSPS) is 11.3. The Balaban J connectivity index is 1.75. The molecule has 0 aromatic heterocycles. The number of ether oxygens (including phenoxy) is 1. The highest BCUT2D eigenvalue weighted by Crippen LogP contribution is 2.30. The summed E-state index contributed by atoms with van der Waals surface area (Å²) in [4.78, 5) is 10.9. The lowest BCUT2D eigenvalue weighted by Gasteiger charge is -2.12. The number of aromatic carboxylic acids is 1. The first kappa shape index (κ1) is 21.8. The van der Waals surface area contributed by atoms with Gasteiger partial charge in [0.05, 0.1) is 24.1 Å². The summed E-state index contributed by atoms with van der Waals surface area (Å²) in [6.45, 7) is 2.09. The van der Waals surface area contributed by atoms with Gasteiger partial charge in [0, 0.05) is 0 Å². The zero-order valence-electron chi connectivity index (χ0n) is 16.6. The van der Waals surface area contributed by atoms with Crippen LogP contribution in [0.4, 0.5) is 5.69 Å². The molecule has 0 saturated carbocycles. The third-order valence-electron chi connectivity index (χ3n) is 4.04. The zero-order valence-corrected chi connectivity index (χ0v) is 17.4. The molecule has 0 fully saturated rings. The van der Waals surface area contributed by atoms with Crippen LogP contribution in [-0.2, 0) is 10.1 Å². The summed E-state index contributed by atoms with van der Waals surface area (Å²) in [5.41, 5.74) is 4.22. The number of carbonyl (C=O) groups is 1. The third-order valence-corrected chi connectivity index (χ3v) is 5.29. The SMILES string of the molecule is CCOc1cc(/C=N\Nc2ccc(C(=O)O)cc2)ccc1OS(=O)(=O)c1ccccc1. The first-order chi connectivity index (χ1) is 14.9. The predicted octanol–water partition coefficient (Wildman–Crippen LogP) is 4.00. The Morgan fingerprint density at radius 1 is 1.03 bits per heavy atom. The van der Waals surface area contributed by atoms with Crippen molar-refractivity contribution in [2.45, 2.75) is 11.8 Å². The van der Waals surface area contributed by atoms with Crippen LogP contribution >= 0.6 is 0 Å². The van der Waals surface area contributed by atoms with Crippen LogP contribution in [-0.4, -0.2) is 32.3 Å². The van der Waals surface area contributed by atoms with Gasteiger partial charge in [-0.05, 0) is 67.1 Å². The molecule has 9 heteroatoms. The van der Waals surface area contributed by atoms with Gasteiger partial charge in [0.25, 0.3) is 0 Å². The highest BCUT2D eigenvalue weighted by molar-refractivity contribution is 7.87. The number of nitrogens with zero attached hydrogens (tertiary/aromatic N) is 1. The van der Waals surface area contributed by atoms with E-state index in [4.69, 9.17) is 14.0 Å². The fraction of sp³-hybridized carbons (Fsp3) is 0.0909. The largest absolute Gasteiger partial charge is 0.490 e. The molecule has 8 nitrogen and oxygen atoms in total. The highest BCUT2D eigenvalue weighted by atomic mass is 32.2. The molecule has 160 valence electrons. The van der Waals surface area contributed by atoms with E-state index < -0.39 is 16.1 Å². The lowest BCUT2D eigenvalue weighted by atomic mass is 10.2. The molecule has 0 aliphatic heterocycles. The summed E-state index contributed by atoms with van der Waals surface area (Å²) in [6.07, 6.45) is 1.52. The number of anilines is 1. The maximum absolute atomic E-state index is 12.5. The molecule has 0 atom stereocenters. The molecule has 0 spiro atoms. The van der Waals surface area contributed by atoms with E-state index >= 15 is 0 Å². The molecule has 0 bridgehead atoms. The molecule has 0 unspecified atom stereocenters. The summed E-state index contributed by atoms with van der Waals surface area (Å²) < 4.78 is 35.8. The van der Waals surface area contributed by atoms with Crippen molar-refractivity contribution in [3.63, 3.8) is 0 Å². The van der Waals surface area contributed by atoms with Gasteiger partial charge in [-0.1, -0.05) is 18.2 Å². The topological polar surface area (TPSA) is 114 Å². The predicted molar refractivity (Wildman–Crippen MR) is 116 cm³/mol. The Morgan fingerprint density at radius 3 is 2.39 bits per heavy atom. The molecule has 0 heterocycles. The van der Waals surface area contributed by atoms with Crippen molar-refractivity contribution in [2.24, 2.45) is 5.10 Å². The van der Waals surface area contributed by atoms with Crippen LogP contribution in [0.25, 0.3) is 0 Å². The van der Waals surface area contributed by atoms with Crippen LogP contribution in [0.5, 0.6) is 11.5 Å². The Kier molecular flexibility index (Phi) is 6.88. The molecule has 3 aromatic carbocycles. The number of hydrazone groups is 1. The maximum Gasteiger partial charge on any atom is 0.339 e. The summed E-state index contributed by atoms with van der Waals surface area (Å²) in [5.74, 6) is -0.674. The number of rotatable bonds is 9. The second-order valence-corrected chi connectivity index (χ2v) is 7.79. The molecule has 2 N–H and O–H groups in total. The first-order valence-corrected chi connectivity index (χ1v) is 10.7. The smallest absolute Gasteiger partial charge is 0.339 e. The molecular formula is C22H20N2O6S. The van der Waals surface area contributed by atoms with Crippen molar-refractivity contribution in [3.05, 3.63) is 83.9 Å². The fourth-order valence-corrected chi connectivity index (χ4v) is 3.53. The molecule has 0 radical (unpaired) electrons. The van der Waals surface area contributed by atoms with Crippen LogP contribution < -0.4 is 14.3 Å². The number of carboxylic acid groups (broad SMARTS) is 1. The van der Waals surface area contributed by atoms with Gasteiger partial charge < -0.3 is 14.0 Å². The average Bonchev–Trinajstić information content (AvgIpc) is 2.76. The minimum absolute atomic E-state index is 0.0428. The van der Waals surface area contributed by atoms with Gasteiger partial charge in [-0.15, -0.1) is 0 Å². The van der Waals surface area contributed by atoms with E-state index in [0.29, 0.717) is 17.9 Å². The standard InChI is InChI=1S/C22H20N2O6S/c1-2-29-21-14-16(15-23-24-18-11-9-17(10-12-18)22(25)26)8-13-20(21)30-31(27,28)19-6-4-3-5-7-19/h3-15,24H,2H2,1H3,(H,25,26)/b23-15-. The zero-order chi connectivity index (χ0) is 22.3. The van der Waals surface area contributed by atoms with Crippen molar-refractivity contribution in [1.82, 2.24) is 0 Å². The van der Waals surface area contributed by atoms with Gasteiger partial charge in [0.1, 0.15) is 4.90 Å². The summed E-state index contributed by atoms with van der Waals surface area (Å²) in [5, 5.41) is 13.0. The summed E-state index contributed by atoms with van der Waals surface area (Å²) in [6, 6.07) is 18.7. The second-order valence-electron chi connectivity index (χ2n) is 6.24. The van der Waals surface area contributed by atoms with Crippen LogP contribution in [0.1, 0.15) is 22.8 Å². The van der Waals surface area contributed by atoms with Gasteiger partial charge >= 0.3 is 16.1 Å². The van der Waals surface area contributed by atoms with Crippen molar-refractivity contribution in [3.8, 4) is 11.5 Å². The number of nitrogens with one attached hydrogen (secondary N) is 1. The van der Waals surface area contributed by atoms with Gasteiger partial charge in [0.2, 0.25) is 0 Å². The van der Waals surface area contributed by atoms with Gasteiger partial charge in [-0.2, -0.15) is 13.5 Å². The first-order valence-electron chi connectivity index (χ1n) is 9.28. The van der Waals surface area contributed by atoms with E-state index in [0.717, 1.165) is 0 Å². The van der Waals surface area contributed by atoms with E-state index in [2.05, 4.69) is 10.5 Å². The average molecular weight is 440 g/mol. The Labute approximate surface area is 179 Å². The van der Waals surface area contributed by atoms with Crippen molar-refractivity contribution >= 4 is 28.0 Å². The minimum atomic E-state index is -4.00. The third kappa shape index (κ3) is 5.83. The van der Waals surface area contributed by atoms with Gasteiger partial charge in [-0.3, -0.25) is 5.43 Å². The number of hydrogen-bond donors (Lipinski definition) is 2. The van der Waals surface area contributed by atoms with Crippen molar-refractivity contribution in [2.75, 3.05) is 12.0 Å². The van der Waals surface area contributed by atoms with Crippen LogP contribution in [0.2, 0.25) is 0 Å². The Hall–Kier alpha value is -3.85. The lowest BCUT2D eigenvalue weighted by Crippen LogP contribution is -2.10. The molecule has 3 aromatic rings. The fourth-order valence-electron chi connectivity index (χ4n) is 2.56. The lowest BCUT2D eigenvalue weighted by molar-refractivity contribution is 0.0697. The number of hydrogen-bond acceptors (Lipinski definition) is 7. The van der Waals surface area contributed by atoms with Crippen molar-refractivity contribution < 1.29 is 27.2 Å². The Morgan fingerprint density at radius 2 is 1.74 bits per heavy atom. The second kappa shape index (κ2) is 9.77. The Bertz CT molecular complexity index is 1180. The monoisotopic (exact) mass is 440 g/mol. The van der Waals surface area contributed by atoms with Crippen molar-refractivity contribution in [1.29, 1.82) is 0 Å². The van der Waals surface area contributed by atoms with E-state index in [1.165, 1.54) is 36.5 Å². The molecule has 0 aliphatic rings. The highest BCUT2D eigenvalue weighted by Gasteiger charge is 2.19. The minimum Gasteiger partial charge on any atom is -0.490 e. The summed E-state index contributed by atoms with van der Waals surface area (Å²) >= 11 is 0. The van der Waals surface area contributed by atoms with Gasteiger partial charge in [-0.25, -0.2) is 4.79 Å². The van der Waals surface area contributed by atoms with E-state index in [1.54, 1.807) is 49.4 Å². The van der Waals surface area contributed by atoms with Gasteiger partial charge in [0.15, 0.2) is 11.5 Å². The van der Waals surface area contributed by atoms with E-state index in [1.807, 2.05) is 0 Å². The van der Waals surface area contributed by atoms with Crippen LogP contribution in [0.3, 0.4) is 0 Å². The van der Waals surface area contributed by atoms with Crippen LogP contribution in [0, 0.1) is 0 Å². The molecule has 0 aliphatic carbocycles. The molecular weight excluding hydrogens is 420 g/mol. The summed E-state index contributed by atoms with van der Waals surface area (Å²) in [7, 11) is -4.00. The molecule has 3 rings (SSSR count). The van der Waals surface area contributed by atoms with E-state index in [-0.39, 0.29) is 22.0 Å². The van der Waals surface area contributed by atoms with E-state index in [9.17, 15) is 13.2 Å².